The lowest BCUT2D eigenvalue weighted by molar-refractivity contribution is -0.161. The molecule has 2 aliphatic carbocycles. The van der Waals surface area contributed by atoms with Gasteiger partial charge in [-0.3, -0.25) is 4.79 Å². The third kappa shape index (κ3) is 4.22. The van der Waals surface area contributed by atoms with Crippen LogP contribution in [0.15, 0.2) is 53.0 Å². The van der Waals surface area contributed by atoms with Crippen molar-refractivity contribution in [2.24, 2.45) is 0 Å². The van der Waals surface area contributed by atoms with Gasteiger partial charge in [0.25, 0.3) is 0 Å². The summed E-state index contributed by atoms with van der Waals surface area (Å²) >= 11 is 3.20. The Morgan fingerprint density at radius 3 is 1.31 bits per heavy atom. The van der Waals surface area contributed by atoms with Crippen molar-refractivity contribution in [3.05, 3.63) is 69.7 Å². The molecule has 0 aromatic heterocycles. The number of carbonyl (C=O) groups excluding carboxylic acids is 1. The molecule has 2 aliphatic rings. The molecular formula is C21H17BrF6O. The Balaban J connectivity index is 0.000000166. The lowest BCUT2D eigenvalue weighted by Gasteiger charge is -2.19. The quantitative estimate of drug-likeness (QED) is 0.338. The number of carbonyl (C=O) groups is 1. The lowest BCUT2D eigenvalue weighted by atomic mass is 9.94. The molecule has 2 fully saturated rings. The Hall–Kier alpha value is -1.83. The third-order valence-corrected chi connectivity index (χ3v) is 6.11. The van der Waals surface area contributed by atoms with E-state index in [4.69, 9.17) is 0 Å². The van der Waals surface area contributed by atoms with Crippen molar-refractivity contribution in [3.8, 4) is 0 Å². The normalized spacial score (nSPS) is 19.0. The number of hydrogen-bond acceptors (Lipinski definition) is 1. The molecule has 0 radical (unpaired) electrons. The van der Waals surface area contributed by atoms with Gasteiger partial charge in [-0.15, -0.1) is 0 Å². The van der Waals surface area contributed by atoms with Crippen LogP contribution in [-0.4, -0.2) is 18.6 Å². The van der Waals surface area contributed by atoms with E-state index in [9.17, 15) is 31.1 Å². The largest absolute Gasteiger partial charge is 0.398 e. The molecule has 0 heterocycles. The van der Waals surface area contributed by atoms with Crippen LogP contribution in [-0.2, 0) is 10.8 Å². The van der Waals surface area contributed by atoms with Gasteiger partial charge in [-0.1, -0.05) is 52.3 Å². The molecule has 2 saturated carbocycles. The number of halogens is 7. The SMILES string of the molecule is FC(F)(F)C1(c2ccc(Br)cc2)CC1.O=Cc1ccc(C2(C(F)(F)F)CC2)cc1. The van der Waals surface area contributed by atoms with E-state index in [-0.39, 0.29) is 31.2 Å². The van der Waals surface area contributed by atoms with E-state index in [1.807, 2.05) is 0 Å². The molecule has 1 nitrogen and oxygen atoms in total. The van der Waals surface area contributed by atoms with Crippen LogP contribution in [0.1, 0.15) is 47.2 Å². The molecule has 0 bridgehead atoms. The van der Waals surface area contributed by atoms with Gasteiger partial charge >= 0.3 is 12.4 Å². The first-order valence-electron chi connectivity index (χ1n) is 8.90. The van der Waals surface area contributed by atoms with Gasteiger partial charge in [0.1, 0.15) is 6.29 Å². The molecule has 4 rings (SSSR count). The standard InChI is InChI=1S/C11H9F3O.C10H8BrF3/c12-11(13,14)10(5-6-10)9-3-1-8(7-15)2-4-9;11-8-3-1-7(2-4-8)9(5-6-9)10(12,13)14/h1-4,7H,5-6H2;1-4H,5-6H2. The maximum absolute atomic E-state index is 12.7. The highest BCUT2D eigenvalue weighted by Crippen LogP contribution is 2.59. The average molecular weight is 479 g/mol. The zero-order valence-electron chi connectivity index (χ0n) is 15.1. The summed E-state index contributed by atoms with van der Waals surface area (Å²) in [6.07, 6.45) is -6.93. The Kier molecular flexibility index (Phi) is 5.62. The second-order valence-electron chi connectivity index (χ2n) is 7.41. The van der Waals surface area contributed by atoms with Crippen molar-refractivity contribution in [3.63, 3.8) is 0 Å². The molecule has 0 N–H and O–H groups in total. The van der Waals surface area contributed by atoms with Crippen LogP contribution in [0, 0.1) is 0 Å². The van der Waals surface area contributed by atoms with Crippen molar-refractivity contribution in [2.45, 2.75) is 48.9 Å². The molecule has 8 heteroatoms. The molecule has 2 aromatic carbocycles. The van der Waals surface area contributed by atoms with E-state index in [1.54, 1.807) is 24.3 Å². The Labute approximate surface area is 172 Å². The minimum absolute atomic E-state index is 0.150. The number of benzene rings is 2. The van der Waals surface area contributed by atoms with Crippen molar-refractivity contribution in [2.75, 3.05) is 0 Å². The van der Waals surface area contributed by atoms with Gasteiger partial charge in [0.15, 0.2) is 0 Å². The molecule has 0 unspecified atom stereocenters. The molecule has 156 valence electrons. The van der Waals surface area contributed by atoms with E-state index in [2.05, 4.69) is 15.9 Å². The van der Waals surface area contributed by atoms with E-state index < -0.39 is 23.2 Å². The first-order chi connectivity index (χ1) is 13.5. The fourth-order valence-corrected chi connectivity index (χ4v) is 3.64. The van der Waals surface area contributed by atoms with E-state index in [0.717, 1.165) is 4.47 Å². The summed E-state index contributed by atoms with van der Waals surface area (Å²) in [4.78, 5) is 10.4. The maximum atomic E-state index is 12.7. The smallest absolute Gasteiger partial charge is 0.298 e. The van der Waals surface area contributed by atoms with Crippen molar-refractivity contribution in [1.29, 1.82) is 0 Å². The highest BCUT2D eigenvalue weighted by atomic mass is 79.9. The number of alkyl halides is 6. The van der Waals surface area contributed by atoms with Crippen molar-refractivity contribution >= 4 is 22.2 Å². The number of aldehydes is 1. The van der Waals surface area contributed by atoms with Crippen molar-refractivity contribution in [1.82, 2.24) is 0 Å². The molecule has 0 spiro atoms. The van der Waals surface area contributed by atoms with Gasteiger partial charge in [0.2, 0.25) is 0 Å². The highest BCUT2D eigenvalue weighted by Gasteiger charge is 2.64. The third-order valence-electron chi connectivity index (χ3n) is 5.58. The Morgan fingerprint density at radius 1 is 0.690 bits per heavy atom. The summed E-state index contributed by atoms with van der Waals surface area (Å²) in [5, 5.41) is 0. The fourth-order valence-electron chi connectivity index (χ4n) is 3.37. The summed E-state index contributed by atoms with van der Waals surface area (Å²) in [7, 11) is 0. The second-order valence-corrected chi connectivity index (χ2v) is 8.32. The van der Waals surface area contributed by atoms with E-state index in [0.29, 0.717) is 17.4 Å². The molecule has 0 saturated heterocycles. The molecule has 29 heavy (non-hydrogen) atoms. The van der Waals surface area contributed by atoms with Crippen LogP contribution >= 0.6 is 15.9 Å². The Bertz CT molecular complexity index is 860. The molecule has 2 aromatic rings. The summed E-state index contributed by atoms with van der Waals surface area (Å²) < 4.78 is 76.9. The molecule has 0 aliphatic heterocycles. The summed E-state index contributed by atoms with van der Waals surface area (Å²) in [6.45, 7) is 0. The molecule has 0 amide bonds. The van der Waals surface area contributed by atoms with Gasteiger partial charge in [0, 0.05) is 10.0 Å². The first-order valence-corrected chi connectivity index (χ1v) is 9.70. The zero-order chi connectivity index (χ0) is 21.5. The predicted octanol–water partition coefficient (Wildman–Crippen LogP) is 7.14. The predicted molar refractivity (Wildman–Crippen MR) is 99.9 cm³/mol. The van der Waals surface area contributed by atoms with Crippen molar-refractivity contribution < 1.29 is 31.1 Å². The Morgan fingerprint density at radius 2 is 1.03 bits per heavy atom. The second kappa shape index (κ2) is 7.45. The number of hydrogen-bond donors (Lipinski definition) is 0. The number of rotatable bonds is 3. The van der Waals surface area contributed by atoms with E-state index in [1.165, 1.54) is 24.3 Å². The van der Waals surface area contributed by atoms with Crippen LogP contribution in [0.2, 0.25) is 0 Å². The van der Waals surface area contributed by atoms with Gasteiger partial charge in [-0.2, -0.15) is 26.3 Å². The lowest BCUT2D eigenvalue weighted by Crippen LogP contribution is -2.28. The molecule has 0 atom stereocenters. The summed E-state index contributed by atoms with van der Waals surface area (Å²) in [5.74, 6) is 0. The van der Waals surface area contributed by atoms with Crippen LogP contribution in [0.3, 0.4) is 0 Å². The zero-order valence-corrected chi connectivity index (χ0v) is 16.7. The van der Waals surface area contributed by atoms with Crippen LogP contribution in [0.4, 0.5) is 26.3 Å². The summed E-state index contributed by atoms with van der Waals surface area (Å²) in [5.41, 5.74) is -2.15. The van der Waals surface area contributed by atoms with Crippen LogP contribution in [0.5, 0.6) is 0 Å². The van der Waals surface area contributed by atoms with Gasteiger partial charge in [-0.25, -0.2) is 0 Å². The van der Waals surface area contributed by atoms with Gasteiger partial charge < -0.3 is 0 Å². The van der Waals surface area contributed by atoms with E-state index >= 15 is 0 Å². The van der Waals surface area contributed by atoms with Crippen LogP contribution in [0.25, 0.3) is 0 Å². The topological polar surface area (TPSA) is 17.1 Å². The summed E-state index contributed by atoms with van der Waals surface area (Å²) in [6, 6.07) is 12.0. The first kappa shape index (κ1) is 21.9. The maximum Gasteiger partial charge on any atom is 0.398 e. The van der Waals surface area contributed by atoms with Gasteiger partial charge in [0.05, 0.1) is 10.8 Å². The average Bonchev–Trinajstić information content (AvgIpc) is 3.54. The highest BCUT2D eigenvalue weighted by molar-refractivity contribution is 9.10. The minimum atomic E-state index is -4.18. The monoisotopic (exact) mass is 478 g/mol. The fraction of sp³-hybridized carbons (Fsp3) is 0.381. The van der Waals surface area contributed by atoms with Crippen LogP contribution < -0.4 is 0 Å². The van der Waals surface area contributed by atoms with Gasteiger partial charge in [-0.05, 0) is 48.9 Å². The molecular weight excluding hydrogens is 462 g/mol. The minimum Gasteiger partial charge on any atom is -0.298 e.